The number of hydrogen-bond acceptors (Lipinski definition) is 5. The first kappa shape index (κ1) is 13.3. The summed E-state index contributed by atoms with van der Waals surface area (Å²) in [6, 6.07) is 0. The molecule has 6 heteroatoms. The number of pyridine rings is 1. The van der Waals surface area contributed by atoms with E-state index in [4.69, 9.17) is 21.9 Å². The van der Waals surface area contributed by atoms with E-state index in [1.54, 1.807) is 17.7 Å². The molecule has 4 rings (SSSR count). The minimum absolute atomic E-state index is 0.147. The molecule has 4 nitrogen and oxygen atoms in total. The van der Waals surface area contributed by atoms with Crippen molar-refractivity contribution < 1.29 is 4.74 Å². The van der Waals surface area contributed by atoms with Gasteiger partial charge in [0.25, 0.3) is 0 Å². The van der Waals surface area contributed by atoms with E-state index in [-0.39, 0.29) is 5.60 Å². The van der Waals surface area contributed by atoms with Crippen molar-refractivity contribution in [2.24, 2.45) is 0 Å². The third kappa shape index (κ3) is 1.93. The summed E-state index contributed by atoms with van der Waals surface area (Å²) in [6.07, 6.45) is 2.56. The molecule has 0 radical (unpaired) electrons. The van der Waals surface area contributed by atoms with Gasteiger partial charge in [-0.05, 0) is 26.3 Å². The van der Waals surface area contributed by atoms with Crippen molar-refractivity contribution in [2.45, 2.75) is 39.4 Å². The van der Waals surface area contributed by atoms with E-state index in [0.29, 0.717) is 11.2 Å². The van der Waals surface area contributed by atoms with Crippen molar-refractivity contribution >= 4 is 44.0 Å². The summed E-state index contributed by atoms with van der Waals surface area (Å²) in [7, 11) is 0. The van der Waals surface area contributed by atoms with Gasteiger partial charge in [0.15, 0.2) is 0 Å². The van der Waals surface area contributed by atoms with Gasteiger partial charge in [-0.1, -0.05) is 12.2 Å². The summed E-state index contributed by atoms with van der Waals surface area (Å²) in [5.74, 6) is 0. The first-order valence-electron chi connectivity index (χ1n) is 6.88. The smallest absolute Gasteiger partial charge is 0.147 e. The number of nitrogens with zero attached hydrogens (tertiary/aromatic N) is 2. The molecular weight excluding hydrogens is 302 g/mol. The fraction of sp³-hybridized carbons (Fsp3) is 0.400. The molecule has 0 saturated heterocycles. The Morgan fingerprint density at radius 3 is 3.00 bits per heavy atom. The lowest BCUT2D eigenvalue weighted by molar-refractivity contribution is -0.0400. The molecule has 1 aliphatic rings. The number of nitrogens with one attached hydrogen (secondary N) is 1. The molecule has 0 unspecified atom stereocenters. The first-order chi connectivity index (χ1) is 9.96. The maximum absolute atomic E-state index is 5.95. The van der Waals surface area contributed by atoms with E-state index >= 15 is 0 Å². The van der Waals surface area contributed by atoms with Crippen LogP contribution in [-0.2, 0) is 17.8 Å². The molecule has 0 amide bonds. The van der Waals surface area contributed by atoms with Gasteiger partial charge in [0.1, 0.15) is 9.47 Å². The van der Waals surface area contributed by atoms with Gasteiger partial charge in [0.05, 0.1) is 28.8 Å². The lowest BCUT2D eigenvalue weighted by Gasteiger charge is -2.32. The molecule has 108 valence electrons. The van der Waals surface area contributed by atoms with Crippen LogP contribution in [-0.4, -0.2) is 20.6 Å². The molecule has 0 aromatic carbocycles. The number of thiophene rings is 1. The SMILES string of the molecule is Cc1nc2sc3c(=S)nc[nH]c3c2c2c1COC(C)(C)C2. The van der Waals surface area contributed by atoms with Crippen molar-refractivity contribution in [3.8, 4) is 0 Å². The van der Waals surface area contributed by atoms with Crippen LogP contribution in [0, 0.1) is 11.6 Å². The van der Waals surface area contributed by atoms with Gasteiger partial charge in [-0.15, -0.1) is 11.3 Å². The minimum atomic E-state index is -0.147. The number of rotatable bonds is 0. The zero-order valence-electron chi connectivity index (χ0n) is 12.1. The second kappa shape index (κ2) is 4.32. The maximum atomic E-state index is 5.95. The van der Waals surface area contributed by atoms with E-state index in [2.05, 4.69) is 30.7 Å². The van der Waals surface area contributed by atoms with Crippen molar-refractivity contribution in [1.82, 2.24) is 15.0 Å². The van der Waals surface area contributed by atoms with E-state index in [0.717, 1.165) is 27.2 Å². The lowest BCUT2D eigenvalue weighted by atomic mass is 9.89. The Labute approximate surface area is 131 Å². The predicted octanol–water partition coefficient (Wildman–Crippen LogP) is 4.06. The molecule has 0 fully saturated rings. The van der Waals surface area contributed by atoms with Crippen LogP contribution < -0.4 is 0 Å². The fourth-order valence-corrected chi connectivity index (χ4v) is 4.39. The standard InChI is InChI=1S/C15H15N3OS2/c1-7-9-5-19-15(2,3)4-8(9)10-11-12(21-14(10)18-7)13(20)17-6-16-11/h6H,4-5H2,1-3H3,(H,16,17,20). The van der Waals surface area contributed by atoms with Gasteiger partial charge < -0.3 is 9.72 Å². The normalized spacial score (nSPS) is 17.3. The zero-order chi connectivity index (χ0) is 14.8. The molecular formula is C15H15N3OS2. The van der Waals surface area contributed by atoms with Crippen molar-refractivity contribution in [3.05, 3.63) is 27.8 Å². The molecule has 0 bridgehead atoms. The van der Waals surface area contributed by atoms with Gasteiger partial charge in [-0.3, -0.25) is 0 Å². The lowest BCUT2D eigenvalue weighted by Crippen LogP contribution is -2.32. The second-order valence-electron chi connectivity index (χ2n) is 6.07. The Kier molecular flexibility index (Phi) is 2.73. The fourth-order valence-electron chi connectivity index (χ4n) is 3.00. The van der Waals surface area contributed by atoms with Crippen LogP contribution in [0.3, 0.4) is 0 Å². The van der Waals surface area contributed by atoms with Gasteiger partial charge in [0, 0.05) is 23.1 Å². The molecule has 0 atom stereocenters. The van der Waals surface area contributed by atoms with Crippen molar-refractivity contribution in [2.75, 3.05) is 0 Å². The Morgan fingerprint density at radius 2 is 2.19 bits per heavy atom. The number of hydrogen-bond donors (Lipinski definition) is 1. The topological polar surface area (TPSA) is 50.8 Å². The molecule has 0 saturated carbocycles. The molecule has 0 aliphatic carbocycles. The van der Waals surface area contributed by atoms with Crippen LogP contribution in [0.25, 0.3) is 20.4 Å². The van der Waals surface area contributed by atoms with Gasteiger partial charge >= 0.3 is 0 Å². The quantitative estimate of drug-likeness (QED) is 0.635. The summed E-state index contributed by atoms with van der Waals surface area (Å²) in [6.45, 7) is 6.95. The molecule has 21 heavy (non-hydrogen) atoms. The van der Waals surface area contributed by atoms with Crippen LogP contribution >= 0.6 is 23.6 Å². The largest absolute Gasteiger partial charge is 0.370 e. The average Bonchev–Trinajstić information content (AvgIpc) is 2.77. The van der Waals surface area contributed by atoms with Gasteiger partial charge in [-0.2, -0.15) is 0 Å². The Balaban J connectivity index is 2.19. The average molecular weight is 317 g/mol. The molecule has 3 aromatic heterocycles. The molecule has 4 heterocycles. The maximum Gasteiger partial charge on any atom is 0.147 e. The van der Waals surface area contributed by atoms with Crippen molar-refractivity contribution in [3.63, 3.8) is 0 Å². The third-order valence-corrected chi connectivity index (χ3v) is 5.59. The van der Waals surface area contributed by atoms with E-state index in [1.165, 1.54) is 16.5 Å². The number of H-pyrrole nitrogens is 1. The van der Waals surface area contributed by atoms with Gasteiger partial charge in [0.2, 0.25) is 0 Å². The summed E-state index contributed by atoms with van der Waals surface area (Å²) >= 11 is 6.98. The Morgan fingerprint density at radius 1 is 1.38 bits per heavy atom. The number of aryl methyl sites for hydroxylation is 1. The van der Waals surface area contributed by atoms with Crippen LogP contribution in [0.2, 0.25) is 0 Å². The van der Waals surface area contributed by atoms with Gasteiger partial charge in [-0.25, -0.2) is 9.97 Å². The first-order valence-corrected chi connectivity index (χ1v) is 8.11. The number of ether oxygens (including phenoxy) is 1. The number of aromatic amines is 1. The van der Waals surface area contributed by atoms with Crippen LogP contribution in [0.5, 0.6) is 0 Å². The highest BCUT2D eigenvalue weighted by Crippen LogP contribution is 2.40. The highest BCUT2D eigenvalue weighted by molar-refractivity contribution is 7.71. The molecule has 0 spiro atoms. The third-order valence-electron chi connectivity index (χ3n) is 4.06. The number of fused-ring (bicyclic) bond motifs is 5. The zero-order valence-corrected chi connectivity index (χ0v) is 13.7. The highest BCUT2D eigenvalue weighted by Gasteiger charge is 2.30. The van der Waals surface area contributed by atoms with Crippen LogP contribution in [0.4, 0.5) is 0 Å². The second-order valence-corrected chi connectivity index (χ2v) is 7.46. The summed E-state index contributed by atoms with van der Waals surface area (Å²) in [5, 5.41) is 1.19. The highest BCUT2D eigenvalue weighted by atomic mass is 32.1. The molecule has 3 aromatic rings. The van der Waals surface area contributed by atoms with E-state index < -0.39 is 0 Å². The Bertz CT molecular complexity index is 939. The Hall–Kier alpha value is -1.37. The van der Waals surface area contributed by atoms with E-state index in [9.17, 15) is 0 Å². The molecule has 1 aliphatic heterocycles. The summed E-state index contributed by atoms with van der Waals surface area (Å²) < 4.78 is 7.62. The molecule has 1 N–H and O–H groups in total. The van der Waals surface area contributed by atoms with Crippen molar-refractivity contribution in [1.29, 1.82) is 0 Å². The van der Waals surface area contributed by atoms with Crippen LogP contribution in [0.15, 0.2) is 6.33 Å². The summed E-state index contributed by atoms with van der Waals surface area (Å²) in [5.41, 5.74) is 4.54. The van der Waals surface area contributed by atoms with E-state index in [1.807, 2.05) is 0 Å². The monoisotopic (exact) mass is 317 g/mol. The predicted molar refractivity (Wildman–Crippen MR) is 87.4 cm³/mol. The van der Waals surface area contributed by atoms with Crippen LogP contribution in [0.1, 0.15) is 30.7 Å². The summed E-state index contributed by atoms with van der Waals surface area (Å²) in [4.78, 5) is 13.2. The minimum Gasteiger partial charge on any atom is -0.370 e. The number of aromatic nitrogens is 3.